The summed E-state index contributed by atoms with van der Waals surface area (Å²) in [5, 5.41) is 2.99. The van der Waals surface area contributed by atoms with E-state index < -0.39 is 16.2 Å². The molecule has 0 unspecified atom stereocenters. The van der Waals surface area contributed by atoms with Crippen LogP contribution >= 0.6 is 12.4 Å². The molecular weight excluding hydrogens is 248 g/mol. The summed E-state index contributed by atoms with van der Waals surface area (Å²) in [5.41, 5.74) is 16.0. The minimum atomic E-state index is -4.22. The third-order valence-electron chi connectivity index (χ3n) is 1.11. The summed E-state index contributed by atoms with van der Waals surface area (Å²) in [6, 6.07) is 0. The number of azide groups is 2. The molecule has 1 aromatic heterocycles. The van der Waals surface area contributed by atoms with Crippen molar-refractivity contribution in [3.8, 4) is 0 Å². The lowest BCUT2D eigenvalue weighted by Gasteiger charge is -1.97. The topological polar surface area (TPSA) is 149 Å². The van der Waals surface area contributed by atoms with Crippen molar-refractivity contribution >= 4 is 28.6 Å². The van der Waals surface area contributed by atoms with Crippen LogP contribution in [-0.4, -0.2) is 17.4 Å². The highest BCUT2D eigenvalue weighted by molar-refractivity contribution is 7.88. The molecule has 0 aromatic carbocycles. The molecule has 0 aliphatic heterocycles. The third-order valence-corrected chi connectivity index (χ3v) is 2.17. The van der Waals surface area contributed by atoms with Crippen LogP contribution in [0.3, 0.4) is 0 Å². The molecule has 0 spiro atoms. The van der Waals surface area contributed by atoms with Crippen LogP contribution in [0.5, 0.6) is 0 Å². The molecule has 0 fully saturated rings. The Morgan fingerprint density at radius 3 is 2.60 bits per heavy atom. The van der Waals surface area contributed by atoms with Crippen molar-refractivity contribution in [1.29, 1.82) is 0 Å². The first-order valence-corrected chi connectivity index (χ1v) is 4.42. The fourth-order valence-corrected chi connectivity index (χ4v) is 1.33. The summed E-state index contributed by atoms with van der Waals surface area (Å²) in [7, 11) is -4.22. The zero-order chi connectivity index (χ0) is 10.6. The summed E-state index contributed by atoms with van der Waals surface area (Å²) in [5.74, 6) is -0.417. The van der Waals surface area contributed by atoms with Crippen LogP contribution in [0.25, 0.3) is 20.9 Å². The van der Waals surface area contributed by atoms with E-state index in [9.17, 15) is 8.42 Å². The number of aromatic nitrogens is 2. The average Bonchev–Trinajstić information content (AvgIpc) is 2.53. The molecule has 0 aliphatic carbocycles. The Balaban J connectivity index is 0.00000196. The highest BCUT2D eigenvalue weighted by Crippen LogP contribution is 2.13. The molecule has 12 heteroatoms. The summed E-state index contributed by atoms with van der Waals surface area (Å²) >= 11 is 0. The van der Waals surface area contributed by atoms with Gasteiger partial charge in [0.2, 0.25) is 5.95 Å². The summed E-state index contributed by atoms with van der Waals surface area (Å²) in [6.07, 6.45) is 2.09. The van der Waals surface area contributed by atoms with Gasteiger partial charge in [-0.1, -0.05) is 0 Å². The Kier molecular flexibility index (Phi) is 4.42. The van der Waals surface area contributed by atoms with Gasteiger partial charge in [-0.2, -0.15) is 8.42 Å². The molecule has 0 atom stereocenters. The molecule has 10 nitrogen and oxygen atoms in total. The number of nitrogens with zero attached hydrogens (tertiary/aromatic N) is 8. The second kappa shape index (κ2) is 5.08. The first-order chi connectivity index (χ1) is 6.61. The van der Waals surface area contributed by atoms with Crippen molar-refractivity contribution < 1.29 is 8.42 Å². The van der Waals surface area contributed by atoms with E-state index in [1.165, 1.54) is 0 Å². The van der Waals surface area contributed by atoms with E-state index in [1.807, 2.05) is 0 Å². The molecule has 0 saturated heterocycles. The van der Waals surface area contributed by atoms with E-state index in [2.05, 4.69) is 24.4 Å². The quantitative estimate of drug-likeness (QED) is 0.455. The third kappa shape index (κ3) is 2.76. The second-order valence-corrected chi connectivity index (χ2v) is 3.31. The largest absolute Gasteiger partial charge is 0.329 e. The maximum atomic E-state index is 11.1. The molecule has 0 amide bonds. The summed E-state index contributed by atoms with van der Waals surface area (Å²) < 4.78 is 25.2. The van der Waals surface area contributed by atoms with Gasteiger partial charge in [0.15, 0.2) is 0 Å². The van der Waals surface area contributed by atoms with Crippen molar-refractivity contribution in [3.63, 3.8) is 0 Å². The van der Waals surface area contributed by atoms with Crippen molar-refractivity contribution in [1.82, 2.24) is 8.96 Å². The molecule has 1 rings (SSSR count). The SMILES string of the molecule is Cl.[N-]=[N+]=Nc1nccn1S(=O)(=O)N=[N+]=[N-]. The van der Waals surface area contributed by atoms with E-state index >= 15 is 0 Å². The van der Waals surface area contributed by atoms with Gasteiger partial charge in [0, 0.05) is 22.2 Å². The molecule has 0 N–H and O–H groups in total. The van der Waals surface area contributed by atoms with Crippen LogP contribution < -0.4 is 0 Å². The number of imidazole rings is 1. The lowest BCUT2D eigenvalue weighted by molar-refractivity contribution is 0.589. The van der Waals surface area contributed by atoms with Crippen LogP contribution in [-0.2, 0) is 10.2 Å². The average molecular weight is 251 g/mol. The minimum absolute atomic E-state index is 0. The molecule has 0 bridgehead atoms. The smallest absolute Gasteiger partial charge is 0.235 e. The van der Waals surface area contributed by atoms with Gasteiger partial charge in [0.25, 0.3) is 0 Å². The highest BCUT2D eigenvalue weighted by Gasteiger charge is 2.13. The molecule has 1 aromatic rings. The van der Waals surface area contributed by atoms with E-state index in [-0.39, 0.29) is 12.4 Å². The Labute approximate surface area is 89.4 Å². The van der Waals surface area contributed by atoms with Gasteiger partial charge in [0.1, 0.15) is 0 Å². The van der Waals surface area contributed by atoms with E-state index in [4.69, 9.17) is 11.1 Å². The number of hydrogen-bond donors (Lipinski definition) is 0. The van der Waals surface area contributed by atoms with Crippen LogP contribution in [0.1, 0.15) is 0 Å². The fraction of sp³-hybridized carbons (Fsp3) is 0. The first-order valence-electron chi connectivity index (χ1n) is 3.02. The van der Waals surface area contributed by atoms with Gasteiger partial charge in [-0.25, -0.2) is 8.96 Å². The van der Waals surface area contributed by atoms with Crippen LogP contribution in [0.15, 0.2) is 22.0 Å². The van der Waals surface area contributed by atoms with E-state index in [1.54, 1.807) is 0 Å². The molecule has 0 saturated carbocycles. The van der Waals surface area contributed by atoms with E-state index in [0.717, 1.165) is 12.4 Å². The summed E-state index contributed by atoms with van der Waals surface area (Å²) in [6.45, 7) is 0. The highest BCUT2D eigenvalue weighted by atomic mass is 35.5. The van der Waals surface area contributed by atoms with Crippen LogP contribution in [0.4, 0.5) is 5.95 Å². The van der Waals surface area contributed by atoms with Gasteiger partial charge in [-0.05, 0) is 16.2 Å². The zero-order valence-electron chi connectivity index (χ0n) is 6.87. The van der Waals surface area contributed by atoms with Gasteiger partial charge in [-0.3, -0.25) is 0 Å². The Bertz CT molecular complexity index is 534. The Hall–Kier alpha value is -1.93. The van der Waals surface area contributed by atoms with Crippen LogP contribution in [0, 0.1) is 0 Å². The van der Waals surface area contributed by atoms with Gasteiger partial charge in [0.05, 0.1) is 4.52 Å². The number of rotatable bonds is 3. The fourth-order valence-electron chi connectivity index (χ4n) is 0.660. The van der Waals surface area contributed by atoms with E-state index in [0.29, 0.717) is 3.97 Å². The lowest BCUT2D eigenvalue weighted by atomic mass is 11.0. The predicted molar refractivity (Wildman–Crippen MR) is 51.7 cm³/mol. The zero-order valence-corrected chi connectivity index (χ0v) is 8.50. The molecule has 15 heavy (non-hydrogen) atoms. The Morgan fingerprint density at radius 1 is 1.40 bits per heavy atom. The minimum Gasteiger partial charge on any atom is -0.235 e. The predicted octanol–water partition coefficient (Wildman–Crippen LogP) is 1.65. The standard InChI is InChI=1S/C3H2N8O2S.ClH/c4-8-7-3-6-1-2-11(3)14(12,13)10-9-5;/h1-2H;1H. The molecule has 0 radical (unpaired) electrons. The Morgan fingerprint density at radius 2 is 2.07 bits per heavy atom. The van der Waals surface area contributed by atoms with Crippen LogP contribution in [0.2, 0.25) is 0 Å². The first kappa shape index (κ1) is 13.1. The normalized spacial score (nSPS) is 9.33. The maximum Gasteiger partial charge on any atom is 0.329 e. The summed E-state index contributed by atoms with van der Waals surface area (Å²) in [4.78, 5) is 7.91. The number of halogens is 1. The van der Waals surface area contributed by atoms with Crippen molar-refractivity contribution in [2.24, 2.45) is 9.63 Å². The van der Waals surface area contributed by atoms with Crippen molar-refractivity contribution in [2.45, 2.75) is 0 Å². The number of hydrogen-bond acceptors (Lipinski definition) is 4. The van der Waals surface area contributed by atoms with Crippen molar-refractivity contribution in [3.05, 3.63) is 33.3 Å². The molecule has 80 valence electrons. The van der Waals surface area contributed by atoms with Crippen molar-refractivity contribution in [2.75, 3.05) is 0 Å². The van der Waals surface area contributed by atoms with Gasteiger partial charge >= 0.3 is 10.2 Å². The lowest BCUT2D eigenvalue weighted by Crippen LogP contribution is -2.06. The maximum absolute atomic E-state index is 11.1. The molecular formula is C3H3ClN8O2S. The molecule has 0 aliphatic rings. The molecule has 1 heterocycles. The second-order valence-electron chi connectivity index (χ2n) is 1.86. The monoisotopic (exact) mass is 250 g/mol. The van der Waals surface area contributed by atoms with Gasteiger partial charge in [-0.15, -0.1) is 12.4 Å². The van der Waals surface area contributed by atoms with Gasteiger partial charge < -0.3 is 0 Å².